The van der Waals surface area contributed by atoms with Crippen LogP contribution in [0.5, 0.6) is 5.75 Å². The maximum Gasteiger partial charge on any atom is 0.225 e. The molecule has 1 aliphatic heterocycles. The molecule has 0 unspecified atom stereocenters. The van der Waals surface area contributed by atoms with Gasteiger partial charge in [0.25, 0.3) is 0 Å². The summed E-state index contributed by atoms with van der Waals surface area (Å²) < 4.78 is 0. The van der Waals surface area contributed by atoms with Crippen molar-refractivity contribution in [3.05, 3.63) is 47.8 Å². The fourth-order valence-corrected chi connectivity index (χ4v) is 2.58. The summed E-state index contributed by atoms with van der Waals surface area (Å²) in [5.41, 5.74) is 7.79. The third kappa shape index (κ3) is 3.31. The van der Waals surface area contributed by atoms with Gasteiger partial charge in [-0.15, -0.1) is 0 Å². The van der Waals surface area contributed by atoms with Gasteiger partial charge in [-0.25, -0.2) is 9.97 Å². The number of aromatic hydroxyl groups is 1. The number of hydrogen-bond acceptors (Lipinski definition) is 5. The number of benzene rings is 1. The molecular formula is C16H20N4O. The molecular weight excluding hydrogens is 264 g/mol. The molecule has 0 atom stereocenters. The summed E-state index contributed by atoms with van der Waals surface area (Å²) >= 11 is 0. The number of hydrogen-bond donors (Lipinski definition) is 2. The molecule has 1 saturated heterocycles. The molecule has 110 valence electrons. The minimum absolute atomic E-state index is 0.307. The number of nitrogens with zero attached hydrogens (tertiary/aromatic N) is 3. The van der Waals surface area contributed by atoms with Gasteiger partial charge in [-0.3, -0.25) is 0 Å². The second-order valence-corrected chi connectivity index (χ2v) is 5.52. The molecule has 5 nitrogen and oxygen atoms in total. The Morgan fingerprint density at radius 2 is 1.81 bits per heavy atom. The van der Waals surface area contributed by atoms with Crippen LogP contribution in [0.2, 0.25) is 0 Å². The van der Waals surface area contributed by atoms with Crippen LogP contribution < -0.4 is 10.6 Å². The van der Waals surface area contributed by atoms with Gasteiger partial charge in [-0.2, -0.15) is 0 Å². The topological polar surface area (TPSA) is 75.3 Å². The van der Waals surface area contributed by atoms with Gasteiger partial charge >= 0.3 is 0 Å². The molecule has 2 heterocycles. The quantitative estimate of drug-likeness (QED) is 0.897. The van der Waals surface area contributed by atoms with Crippen LogP contribution in [-0.4, -0.2) is 34.2 Å². The molecule has 1 fully saturated rings. The summed E-state index contributed by atoms with van der Waals surface area (Å²) in [7, 11) is 0. The van der Waals surface area contributed by atoms with Gasteiger partial charge in [-0.05, 0) is 30.0 Å². The average Bonchev–Trinajstić information content (AvgIpc) is 2.51. The normalized spacial score (nSPS) is 16.1. The first-order valence-electron chi connectivity index (χ1n) is 7.30. The highest BCUT2D eigenvalue weighted by atomic mass is 16.3. The summed E-state index contributed by atoms with van der Waals surface area (Å²) in [5.74, 6) is 1.08. The molecule has 0 aliphatic carbocycles. The molecule has 1 aromatic heterocycles. The molecule has 0 saturated carbocycles. The monoisotopic (exact) mass is 284 g/mol. The van der Waals surface area contributed by atoms with E-state index >= 15 is 0 Å². The first kappa shape index (κ1) is 13.8. The highest BCUT2D eigenvalue weighted by Gasteiger charge is 2.18. The largest absolute Gasteiger partial charge is 0.508 e. The van der Waals surface area contributed by atoms with Gasteiger partial charge in [-0.1, -0.05) is 18.2 Å². The second-order valence-electron chi connectivity index (χ2n) is 5.52. The molecule has 1 aromatic carbocycles. The van der Waals surface area contributed by atoms with Crippen molar-refractivity contribution in [2.75, 3.05) is 18.0 Å². The van der Waals surface area contributed by atoms with Crippen molar-refractivity contribution in [3.63, 3.8) is 0 Å². The Morgan fingerprint density at radius 3 is 2.48 bits per heavy atom. The zero-order chi connectivity index (χ0) is 14.7. The van der Waals surface area contributed by atoms with E-state index in [9.17, 15) is 5.11 Å². The standard InChI is InChI=1S/C16H20N4O/c17-14-5-7-20(8-6-14)16-18-10-12(11-19-16)9-13-3-1-2-4-15(13)21/h1-4,10-11,14,21H,5-9,17H2. The number of piperidine rings is 1. The summed E-state index contributed by atoms with van der Waals surface area (Å²) in [6.45, 7) is 1.83. The van der Waals surface area contributed by atoms with Crippen molar-refractivity contribution < 1.29 is 5.11 Å². The summed E-state index contributed by atoms with van der Waals surface area (Å²) in [5, 5.41) is 9.79. The summed E-state index contributed by atoms with van der Waals surface area (Å²) in [6.07, 6.45) is 6.29. The predicted octanol–water partition coefficient (Wildman–Crippen LogP) is 1.70. The van der Waals surface area contributed by atoms with Crippen molar-refractivity contribution in [1.82, 2.24) is 9.97 Å². The number of rotatable bonds is 3. The van der Waals surface area contributed by atoms with E-state index in [1.165, 1.54) is 0 Å². The fourth-order valence-electron chi connectivity index (χ4n) is 2.58. The summed E-state index contributed by atoms with van der Waals surface area (Å²) in [6, 6.07) is 7.65. The van der Waals surface area contributed by atoms with Crippen molar-refractivity contribution in [3.8, 4) is 5.75 Å². The van der Waals surface area contributed by atoms with Crippen molar-refractivity contribution in [2.24, 2.45) is 5.73 Å². The number of anilines is 1. The zero-order valence-corrected chi connectivity index (χ0v) is 11.9. The van der Waals surface area contributed by atoms with E-state index in [1.807, 2.05) is 30.6 Å². The van der Waals surface area contributed by atoms with Crippen LogP contribution in [0.25, 0.3) is 0 Å². The maximum atomic E-state index is 9.79. The fraction of sp³-hybridized carbons (Fsp3) is 0.375. The third-order valence-corrected chi connectivity index (χ3v) is 3.90. The van der Waals surface area contributed by atoms with Crippen LogP contribution in [0.15, 0.2) is 36.7 Å². The Hall–Kier alpha value is -2.14. The SMILES string of the molecule is NC1CCN(c2ncc(Cc3ccccc3O)cn2)CC1. The Kier molecular flexibility index (Phi) is 4.01. The van der Waals surface area contributed by atoms with Crippen LogP contribution in [0, 0.1) is 0 Å². The van der Waals surface area contributed by atoms with Gasteiger partial charge in [0.1, 0.15) is 5.75 Å². The average molecular weight is 284 g/mol. The molecule has 21 heavy (non-hydrogen) atoms. The Labute approximate surface area is 124 Å². The highest BCUT2D eigenvalue weighted by Crippen LogP contribution is 2.20. The van der Waals surface area contributed by atoms with Gasteiger partial charge in [0.15, 0.2) is 0 Å². The van der Waals surface area contributed by atoms with E-state index in [-0.39, 0.29) is 0 Å². The molecule has 3 rings (SSSR count). The highest BCUT2D eigenvalue weighted by molar-refractivity contribution is 5.37. The van der Waals surface area contributed by atoms with Crippen LogP contribution in [-0.2, 0) is 6.42 Å². The van der Waals surface area contributed by atoms with Crippen LogP contribution in [0.4, 0.5) is 5.95 Å². The smallest absolute Gasteiger partial charge is 0.225 e. The first-order valence-corrected chi connectivity index (χ1v) is 7.30. The predicted molar refractivity (Wildman–Crippen MR) is 82.4 cm³/mol. The minimum Gasteiger partial charge on any atom is -0.508 e. The Balaban J connectivity index is 1.68. The van der Waals surface area contributed by atoms with Gasteiger partial charge < -0.3 is 15.7 Å². The number of phenols is 1. The molecule has 2 aromatic rings. The lowest BCUT2D eigenvalue weighted by molar-refractivity contribution is 0.469. The second kappa shape index (κ2) is 6.10. The lowest BCUT2D eigenvalue weighted by atomic mass is 10.1. The van der Waals surface area contributed by atoms with Crippen LogP contribution in [0.3, 0.4) is 0 Å². The van der Waals surface area contributed by atoms with E-state index in [0.29, 0.717) is 18.2 Å². The minimum atomic E-state index is 0.307. The molecule has 0 radical (unpaired) electrons. The summed E-state index contributed by atoms with van der Waals surface area (Å²) in [4.78, 5) is 11.1. The van der Waals surface area contributed by atoms with Gasteiger partial charge in [0.2, 0.25) is 5.95 Å². The molecule has 0 bridgehead atoms. The first-order chi connectivity index (χ1) is 10.2. The van der Waals surface area contributed by atoms with E-state index in [4.69, 9.17) is 5.73 Å². The number of phenolic OH excluding ortho intramolecular Hbond substituents is 1. The van der Waals surface area contributed by atoms with Crippen molar-refractivity contribution >= 4 is 5.95 Å². The molecule has 0 spiro atoms. The lowest BCUT2D eigenvalue weighted by Gasteiger charge is -2.30. The molecule has 3 N–H and O–H groups in total. The van der Waals surface area contributed by atoms with E-state index in [0.717, 1.165) is 43.0 Å². The molecule has 1 aliphatic rings. The van der Waals surface area contributed by atoms with E-state index in [1.54, 1.807) is 6.07 Å². The maximum absolute atomic E-state index is 9.79. The van der Waals surface area contributed by atoms with E-state index < -0.39 is 0 Å². The van der Waals surface area contributed by atoms with Gasteiger partial charge in [0, 0.05) is 37.9 Å². The molecule has 5 heteroatoms. The van der Waals surface area contributed by atoms with Crippen LogP contribution in [0.1, 0.15) is 24.0 Å². The molecule has 0 amide bonds. The number of nitrogens with two attached hydrogens (primary N) is 1. The van der Waals surface area contributed by atoms with Crippen molar-refractivity contribution in [2.45, 2.75) is 25.3 Å². The number of aromatic nitrogens is 2. The lowest BCUT2D eigenvalue weighted by Crippen LogP contribution is -2.40. The third-order valence-electron chi connectivity index (χ3n) is 3.90. The number of para-hydroxylation sites is 1. The Bertz CT molecular complexity index is 591. The van der Waals surface area contributed by atoms with Crippen LogP contribution >= 0.6 is 0 Å². The van der Waals surface area contributed by atoms with Crippen molar-refractivity contribution in [1.29, 1.82) is 0 Å². The zero-order valence-electron chi connectivity index (χ0n) is 11.9. The van der Waals surface area contributed by atoms with Gasteiger partial charge in [0.05, 0.1) is 0 Å². The van der Waals surface area contributed by atoms with E-state index in [2.05, 4.69) is 14.9 Å². The Morgan fingerprint density at radius 1 is 1.14 bits per heavy atom.